The third-order valence-electron chi connectivity index (χ3n) is 1.40. The molecule has 0 fully saturated rings. The number of nitrogens with one attached hydrogen (secondary N) is 1. The van der Waals surface area contributed by atoms with E-state index in [1.54, 1.807) is 13.1 Å². The summed E-state index contributed by atoms with van der Waals surface area (Å²) >= 11 is 0. The van der Waals surface area contributed by atoms with Gasteiger partial charge in [0.05, 0.1) is 5.69 Å². The van der Waals surface area contributed by atoms with E-state index in [1.165, 1.54) is 6.20 Å². The second-order valence-electron chi connectivity index (χ2n) is 2.65. The molecule has 1 rings (SSSR count). The number of aromatic nitrogens is 2. The quantitative estimate of drug-likeness (QED) is 0.780. The average molecular weight is 193 g/mol. The molecule has 3 nitrogen and oxygen atoms in total. The van der Waals surface area contributed by atoms with Gasteiger partial charge in [-0.1, -0.05) is 0 Å². The van der Waals surface area contributed by atoms with Crippen molar-refractivity contribution in [1.29, 1.82) is 0 Å². The molecule has 0 saturated heterocycles. The third-order valence-corrected chi connectivity index (χ3v) is 1.40. The van der Waals surface area contributed by atoms with E-state index in [2.05, 4.69) is 10.4 Å². The summed E-state index contributed by atoms with van der Waals surface area (Å²) in [6, 6.07) is 1.56. The Bertz CT molecular complexity index is 266. The molecular formula is C7H10F3N3. The number of hydrogen-bond acceptors (Lipinski definition) is 2. The number of nitrogens with zero attached hydrogens (tertiary/aromatic N) is 2. The molecular weight excluding hydrogens is 183 g/mol. The Hall–Kier alpha value is -1.04. The molecule has 0 amide bonds. The molecule has 6 heteroatoms. The van der Waals surface area contributed by atoms with Crippen molar-refractivity contribution in [3.05, 3.63) is 18.0 Å². The van der Waals surface area contributed by atoms with E-state index in [-0.39, 0.29) is 0 Å². The normalized spacial score (nSPS) is 12.0. The highest BCUT2D eigenvalue weighted by molar-refractivity contribution is 4.98. The molecule has 13 heavy (non-hydrogen) atoms. The minimum atomic E-state index is -4.21. The Morgan fingerprint density at radius 1 is 1.54 bits per heavy atom. The molecule has 0 radical (unpaired) electrons. The van der Waals surface area contributed by atoms with Crippen molar-refractivity contribution in [3.63, 3.8) is 0 Å². The molecule has 0 saturated carbocycles. The first kappa shape index (κ1) is 10.0. The van der Waals surface area contributed by atoms with Crippen molar-refractivity contribution in [2.24, 2.45) is 0 Å². The van der Waals surface area contributed by atoms with Crippen LogP contribution in [0.4, 0.5) is 13.2 Å². The van der Waals surface area contributed by atoms with Crippen LogP contribution in [0.25, 0.3) is 0 Å². The number of rotatable bonds is 3. The van der Waals surface area contributed by atoms with Crippen LogP contribution >= 0.6 is 0 Å². The van der Waals surface area contributed by atoms with Gasteiger partial charge in [0.1, 0.15) is 6.54 Å². The monoisotopic (exact) mass is 193 g/mol. The van der Waals surface area contributed by atoms with E-state index in [0.29, 0.717) is 12.2 Å². The van der Waals surface area contributed by atoms with Crippen LogP contribution in [0.3, 0.4) is 0 Å². The lowest BCUT2D eigenvalue weighted by Gasteiger charge is -2.05. The van der Waals surface area contributed by atoms with Crippen LogP contribution in [0, 0.1) is 0 Å². The Morgan fingerprint density at radius 3 is 2.77 bits per heavy atom. The summed E-state index contributed by atoms with van der Waals surface area (Å²) in [6.45, 7) is -0.554. The summed E-state index contributed by atoms with van der Waals surface area (Å²) in [5.74, 6) is 0. The summed E-state index contributed by atoms with van der Waals surface area (Å²) in [5, 5.41) is 6.52. The predicted molar refractivity (Wildman–Crippen MR) is 41.0 cm³/mol. The Morgan fingerprint density at radius 2 is 2.23 bits per heavy atom. The molecule has 1 aromatic heterocycles. The van der Waals surface area contributed by atoms with E-state index in [0.717, 1.165) is 4.68 Å². The zero-order chi connectivity index (χ0) is 9.90. The second kappa shape index (κ2) is 3.78. The summed E-state index contributed by atoms with van der Waals surface area (Å²) in [7, 11) is 1.71. The Labute approximate surface area is 73.5 Å². The molecule has 0 atom stereocenters. The molecule has 0 aliphatic rings. The predicted octanol–water partition coefficient (Wildman–Crippen LogP) is 1.16. The minimum Gasteiger partial charge on any atom is -0.314 e. The fraction of sp³-hybridized carbons (Fsp3) is 0.571. The van der Waals surface area contributed by atoms with Crippen LogP contribution in [0.15, 0.2) is 12.3 Å². The lowest BCUT2D eigenvalue weighted by atomic mass is 10.4. The van der Waals surface area contributed by atoms with Crippen molar-refractivity contribution in [2.45, 2.75) is 19.3 Å². The first-order valence-corrected chi connectivity index (χ1v) is 3.75. The average Bonchev–Trinajstić information content (AvgIpc) is 2.33. The van der Waals surface area contributed by atoms with Crippen LogP contribution in [0.1, 0.15) is 5.69 Å². The molecule has 74 valence electrons. The standard InChI is InChI=1S/C7H10F3N3/c1-11-4-6-2-3-13(12-6)5-7(8,9)10/h2-3,11H,4-5H2,1H3. The van der Waals surface area contributed by atoms with Crippen molar-refractivity contribution in [1.82, 2.24) is 15.1 Å². The van der Waals surface area contributed by atoms with Gasteiger partial charge in [0.25, 0.3) is 0 Å². The van der Waals surface area contributed by atoms with Gasteiger partial charge in [0.2, 0.25) is 0 Å². The first-order chi connectivity index (χ1) is 6.01. The van der Waals surface area contributed by atoms with Crippen LogP contribution in [0.2, 0.25) is 0 Å². The van der Waals surface area contributed by atoms with E-state index >= 15 is 0 Å². The molecule has 1 heterocycles. The summed E-state index contributed by atoms with van der Waals surface area (Å²) in [6.07, 6.45) is -2.89. The first-order valence-electron chi connectivity index (χ1n) is 3.75. The van der Waals surface area contributed by atoms with Crippen LogP contribution < -0.4 is 5.32 Å². The van der Waals surface area contributed by atoms with Gasteiger partial charge in [-0.25, -0.2) is 0 Å². The lowest BCUT2D eigenvalue weighted by Crippen LogP contribution is -2.18. The molecule has 1 aromatic rings. The zero-order valence-electron chi connectivity index (χ0n) is 7.10. The topological polar surface area (TPSA) is 29.9 Å². The van der Waals surface area contributed by atoms with Gasteiger partial charge in [-0.2, -0.15) is 18.3 Å². The lowest BCUT2D eigenvalue weighted by molar-refractivity contribution is -0.142. The van der Waals surface area contributed by atoms with Crippen molar-refractivity contribution in [3.8, 4) is 0 Å². The van der Waals surface area contributed by atoms with Crippen molar-refractivity contribution < 1.29 is 13.2 Å². The van der Waals surface area contributed by atoms with Crippen LogP contribution in [0.5, 0.6) is 0 Å². The molecule has 0 aromatic carbocycles. The van der Waals surface area contributed by atoms with Gasteiger partial charge in [-0.05, 0) is 13.1 Å². The summed E-state index contributed by atoms with van der Waals surface area (Å²) in [4.78, 5) is 0. The van der Waals surface area contributed by atoms with Gasteiger partial charge < -0.3 is 5.32 Å². The maximum atomic E-state index is 11.9. The molecule has 0 bridgehead atoms. The summed E-state index contributed by atoms with van der Waals surface area (Å²) < 4.78 is 36.5. The van der Waals surface area contributed by atoms with E-state index in [1.807, 2.05) is 0 Å². The van der Waals surface area contributed by atoms with E-state index in [4.69, 9.17) is 0 Å². The van der Waals surface area contributed by atoms with Crippen molar-refractivity contribution in [2.75, 3.05) is 7.05 Å². The van der Waals surface area contributed by atoms with Crippen LogP contribution in [-0.4, -0.2) is 23.0 Å². The molecule has 1 N–H and O–H groups in total. The maximum Gasteiger partial charge on any atom is 0.408 e. The SMILES string of the molecule is CNCc1ccn(CC(F)(F)F)n1. The van der Waals surface area contributed by atoms with Crippen molar-refractivity contribution >= 4 is 0 Å². The van der Waals surface area contributed by atoms with Gasteiger partial charge in [-0.15, -0.1) is 0 Å². The highest BCUT2D eigenvalue weighted by Crippen LogP contribution is 2.16. The van der Waals surface area contributed by atoms with Gasteiger partial charge in [-0.3, -0.25) is 4.68 Å². The smallest absolute Gasteiger partial charge is 0.314 e. The van der Waals surface area contributed by atoms with Gasteiger partial charge in [0.15, 0.2) is 0 Å². The molecule has 0 aliphatic heterocycles. The van der Waals surface area contributed by atoms with Gasteiger partial charge >= 0.3 is 6.18 Å². The largest absolute Gasteiger partial charge is 0.408 e. The zero-order valence-corrected chi connectivity index (χ0v) is 7.10. The highest BCUT2D eigenvalue weighted by atomic mass is 19.4. The Balaban J connectivity index is 2.59. The van der Waals surface area contributed by atoms with Crippen LogP contribution in [-0.2, 0) is 13.1 Å². The number of alkyl halides is 3. The number of halogens is 3. The molecule has 0 spiro atoms. The maximum absolute atomic E-state index is 11.9. The molecule has 0 unspecified atom stereocenters. The highest BCUT2D eigenvalue weighted by Gasteiger charge is 2.28. The van der Waals surface area contributed by atoms with E-state index in [9.17, 15) is 13.2 Å². The summed E-state index contributed by atoms with van der Waals surface area (Å²) in [5.41, 5.74) is 0.603. The fourth-order valence-electron chi connectivity index (χ4n) is 0.951. The molecule has 0 aliphatic carbocycles. The minimum absolute atomic E-state index is 0.477. The Kier molecular flexibility index (Phi) is 2.92. The third kappa shape index (κ3) is 3.45. The van der Waals surface area contributed by atoms with E-state index < -0.39 is 12.7 Å². The second-order valence-corrected chi connectivity index (χ2v) is 2.65. The number of hydrogen-bond donors (Lipinski definition) is 1. The fourth-order valence-corrected chi connectivity index (χ4v) is 0.951. The van der Waals surface area contributed by atoms with Gasteiger partial charge in [0, 0.05) is 12.7 Å².